The topological polar surface area (TPSA) is 32.9 Å². The van der Waals surface area contributed by atoms with Gasteiger partial charge in [0, 0.05) is 6.07 Å². The van der Waals surface area contributed by atoms with Crippen LogP contribution in [0.25, 0.3) is 10.9 Å². The van der Waals surface area contributed by atoms with Crippen molar-refractivity contribution >= 4 is 10.9 Å². The second-order valence-corrected chi connectivity index (χ2v) is 3.94. The Labute approximate surface area is 89.0 Å². The van der Waals surface area contributed by atoms with E-state index in [1.54, 1.807) is 6.07 Å². The van der Waals surface area contributed by atoms with Gasteiger partial charge in [-0.15, -0.1) is 0 Å². The number of aromatic nitrogens is 1. The molecule has 1 aromatic heterocycles. The quantitative estimate of drug-likeness (QED) is 0.795. The number of benzene rings is 1. The maximum Gasteiger partial charge on any atom is 0.248 e. The van der Waals surface area contributed by atoms with Gasteiger partial charge in [0.1, 0.15) is 0 Å². The molecule has 1 unspecified atom stereocenters. The number of nitrogens with one attached hydrogen (secondary N) is 1. The Hall–Kier alpha value is -1.57. The van der Waals surface area contributed by atoms with Crippen LogP contribution in [0.1, 0.15) is 31.7 Å². The van der Waals surface area contributed by atoms with Gasteiger partial charge >= 0.3 is 0 Å². The predicted molar refractivity (Wildman–Crippen MR) is 63.3 cm³/mol. The molecule has 1 N–H and O–H groups in total. The van der Waals surface area contributed by atoms with Crippen LogP contribution in [0.4, 0.5) is 0 Å². The monoisotopic (exact) mass is 201 g/mol. The van der Waals surface area contributed by atoms with E-state index in [4.69, 9.17) is 0 Å². The molecule has 0 aliphatic heterocycles. The second kappa shape index (κ2) is 3.89. The first-order chi connectivity index (χ1) is 7.22. The number of H-pyrrole nitrogens is 1. The third-order valence-corrected chi connectivity index (χ3v) is 2.93. The Kier molecular flexibility index (Phi) is 2.58. The van der Waals surface area contributed by atoms with Crippen molar-refractivity contribution in [2.75, 3.05) is 0 Å². The summed E-state index contributed by atoms with van der Waals surface area (Å²) < 4.78 is 0. The average Bonchev–Trinajstić information content (AvgIpc) is 2.27. The van der Waals surface area contributed by atoms with E-state index in [-0.39, 0.29) is 5.56 Å². The van der Waals surface area contributed by atoms with E-state index in [0.717, 1.165) is 17.3 Å². The van der Waals surface area contributed by atoms with E-state index in [1.807, 2.05) is 18.2 Å². The second-order valence-electron chi connectivity index (χ2n) is 3.94. The first-order valence-electron chi connectivity index (χ1n) is 5.34. The fourth-order valence-electron chi connectivity index (χ4n) is 1.83. The zero-order chi connectivity index (χ0) is 10.8. The summed E-state index contributed by atoms with van der Waals surface area (Å²) in [6.45, 7) is 4.34. The Morgan fingerprint density at radius 1 is 1.27 bits per heavy atom. The van der Waals surface area contributed by atoms with Crippen molar-refractivity contribution in [3.05, 3.63) is 46.2 Å². The summed E-state index contributed by atoms with van der Waals surface area (Å²) in [6.07, 6.45) is 1.08. The van der Waals surface area contributed by atoms with E-state index < -0.39 is 0 Å². The van der Waals surface area contributed by atoms with Crippen molar-refractivity contribution in [2.24, 2.45) is 0 Å². The maximum atomic E-state index is 11.3. The van der Waals surface area contributed by atoms with Crippen molar-refractivity contribution in [3.63, 3.8) is 0 Å². The molecule has 0 aliphatic carbocycles. The fourth-order valence-corrected chi connectivity index (χ4v) is 1.83. The van der Waals surface area contributed by atoms with Gasteiger partial charge in [0.05, 0.1) is 5.52 Å². The molecule has 0 saturated heterocycles. The highest BCUT2D eigenvalue weighted by atomic mass is 16.1. The molecule has 2 heteroatoms. The molecule has 2 nitrogen and oxygen atoms in total. The van der Waals surface area contributed by atoms with Gasteiger partial charge in [0.2, 0.25) is 5.56 Å². The molecule has 0 bridgehead atoms. The number of aromatic amines is 1. The van der Waals surface area contributed by atoms with Crippen LogP contribution in [0.2, 0.25) is 0 Å². The highest BCUT2D eigenvalue weighted by Gasteiger charge is 2.07. The molecule has 15 heavy (non-hydrogen) atoms. The van der Waals surface area contributed by atoms with Gasteiger partial charge in [0.15, 0.2) is 0 Å². The lowest BCUT2D eigenvalue weighted by molar-refractivity contribution is 0.738. The van der Waals surface area contributed by atoms with Gasteiger partial charge in [-0.1, -0.05) is 32.0 Å². The van der Waals surface area contributed by atoms with Crippen LogP contribution < -0.4 is 5.56 Å². The molecule has 1 atom stereocenters. The molecular weight excluding hydrogens is 186 g/mol. The first kappa shape index (κ1) is 9.97. The van der Waals surface area contributed by atoms with Crippen molar-refractivity contribution < 1.29 is 0 Å². The van der Waals surface area contributed by atoms with Crippen molar-refractivity contribution in [2.45, 2.75) is 26.2 Å². The Balaban J connectivity index is 2.73. The largest absolute Gasteiger partial charge is 0.322 e. The summed E-state index contributed by atoms with van der Waals surface area (Å²) in [5, 5.41) is 1.10. The summed E-state index contributed by atoms with van der Waals surface area (Å²) in [7, 11) is 0. The third-order valence-electron chi connectivity index (χ3n) is 2.93. The Morgan fingerprint density at radius 2 is 2.07 bits per heavy atom. The van der Waals surface area contributed by atoms with E-state index in [2.05, 4.69) is 24.9 Å². The van der Waals surface area contributed by atoms with Gasteiger partial charge in [-0.25, -0.2) is 0 Å². The Morgan fingerprint density at radius 3 is 2.80 bits per heavy atom. The van der Waals surface area contributed by atoms with Crippen LogP contribution >= 0.6 is 0 Å². The molecule has 78 valence electrons. The minimum atomic E-state index is -0.0294. The highest BCUT2D eigenvalue weighted by Crippen LogP contribution is 2.24. The summed E-state index contributed by atoms with van der Waals surface area (Å²) in [5.74, 6) is 0.478. The van der Waals surface area contributed by atoms with Gasteiger partial charge in [-0.2, -0.15) is 0 Å². The van der Waals surface area contributed by atoms with Gasteiger partial charge in [0.25, 0.3) is 0 Å². The smallest absolute Gasteiger partial charge is 0.248 e. The highest BCUT2D eigenvalue weighted by molar-refractivity contribution is 5.81. The molecule has 1 aromatic carbocycles. The molecule has 0 fully saturated rings. The molecule has 0 amide bonds. The minimum Gasteiger partial charge on any atom is -0.322 e. The minimum absolute atomic E-state index is 0.0294. The summed E-state index contributed by atoms with van der Waals surface area (Å²) in [5.41, 5.74) is 2.19. The summed E-state index contributed by atoms with van der Waals surface area (Å²) >= 11 is 0. The third kappa shape index (κ3) is 1.80. The van der Waals surface area contributed by atoms with Crippen molar-refractivity contribution in [1.82, 2.24) is 4.98 Å². The number of hydrogen-bond acceptors (Lipinski definition) is 1. The van der Waals surface area contributed by atoms with E-state index in [9.17, 15) is 4.79 Å². The molecular formula is C13H15NO. The number of para-hydroxylation sites is 1. The molecule has 0 saturated carbocycles. The summed E-state index contributed by atoms with van der Waals surface area (Å²) in [4.78, 5) is 14.2. The van der Waals surface area contributed by atoms with Crippen LogP contribution in [0, 0.1) is 0 Å². The van der Waals surface area contributed by atoms with Gasteiger partial charge < -0.3 is 4.98 Å². The normalized spacial score (nSPS) is 12.9. The van der Waals surface area contributed by atoms with Crippen LogP contribution in [0.15, 0.2) is 35.1 Å². The lowest BCUT2D eigenvalue weighted by atomic mass is 9.96. The summed E-state index contributed by atoms with van der Waals surface area (Å²) in [6, 6.07) is 9.61. The van der Waals surface area contributed by atoms with E-state index in [0.29, 0.717) is 5.92 Å². The predicted octanol–water partition coefficient (Wildman–Crippen LogP) is 3.04. The first-order valence-corrected chi connectivity index (χ1v) is 5.34. The van der Waals surface area contributed by atoms with E-state index in [1.165, 1.54) is 5.56 Å². The zero-order valence-corrected chi connectivity index (χ0v) is 9.08. The fraction of sp³-hybridized carbons (Fsp3) is 0.308. The molecule has 0 aliphatic rings. The number of rotatable bonds is 2. The number of hydrogen-bond donors (Lipinski definition) is 1. The van der Waals surface area contributed by atoms with E-state index >= 15 is 0 Å². The van der Waals surface area contributed by atoms with Crippen LogP contribution in [0.5, 0.6) is 0 Å². The van der Waals surface area contributed by atoms with Crippen LogP contribution in [0.3, 0.4) is 0 Å². The molecule has 2 rings (SSSR count). The lowest BCUT2D eigenvalue weighted by Gasteiger charge is -2.11. The average molecular weight is 201 g/mol. The number of fused-ring (bicyclic) bond motifs is 1. The van der Waals surface area contributed by atoms with Gasteiger partial charge in [-0.3, -0.25) is 4.79 Å². The zero-order valence-electron chi connectivity index (χ0n) is 9.08. The van der Waals surface area contributed by atoms with Crippen molar-refractivity contribution in [3.8, 4) is 0 Å². The lowest BCUT2D eigenvalue weighted by Crippen LogP contribution is -2.05. The van der Waals surface area contributed by atoms with Crippen LogP contribution in [-0.4, -0.2) is 4.98 Å². The van der Waals surface area contributed by atoms with Crippen molar-refractivity contribution in [1.29, 1.82) is 0 Å². The molecule has 0 spiro atoms. The molecule has 0 radical (unpaired) electrons. The SMILES string of the molecule is CCC(C)c1cccc2ccc(=O)[nH]c12. The van der Waals surface area contributed by atoms with Crippen LogP contribution in [-0.2, 0) is 0 Å². The molecule has 1 heterocycles. The maximum absolute atomic E-state index is 11.3. The number of pyridine rings is 1. The molecule has 2 aromatic rings. The van der Waals surface area contributed by atoms with Gasteiger partial charge in [-0.05, 0) is 29.4 Å². The standard InChI is InChI=1S/C13H15NO/c1-3-9(2)11-6-4-5-10-7-8-12(15)14-13(10)11/h4-9H,3H2,1-2H3,(H,14,15). The Bertz CT molecular complexity index is 527.